The summed E-state index contributed by atoms with van der Waals surface area (Å²) in [5.41, 5.74) is 3.88. The standard InChI is InChI=1S/C25H25Cl2N3O5S/c1-4-22(17-10-11-23(34-2)24(12-17)35-3)28-29-25(31)16-30(20-14-18(26)13-19(27)15-20)36(32,33)21-8-6-5-7-9-21/h5-15H,4,16H2,1-3H3,(H,29,31)/b28-22-. The number of methoxy groups -OCH3 is 2. The fourth-order valence-corrected chi connectivity index (χ4v) is 5.32. The number of carbonyl (C=O) groups excluding carboxylic acids is 1. The molecule has 1 amide bonds. The van der Waals surface area contributed by atoms with Crippen LogP contribution in [-0.4, -0.2) is 40.8 Å². The maximum absolute atomic E-state index is 13.4. The Balaban J connectivity index is 1.91. The third-order valence-corrected chi connectivity index (χ3v) is 7.35. The molecule has 0 aromatic heterocycles. The molecule has 190 valence electrons. The zero-order valence-corrected chi connectivity index (χ0v) is 22.2. The average molecular weight is 550 g/mol. The number of carbonyl (C=O) groups is 1. The second-order valence-electron chi connectivity index (χ2n) is 7.47. The van der Waals surface area contributed by atoms with Gasteiger partial charge in [-0.1, -0.05) is 48.3 Å². The second-order valence-corrected chi connectivity index (χ2v) is 10.2. The van der Waals surface area contributed by atoms with Gasteiger partial charge in [-0.3, -0.25) is 9.10 Å². The van der Waals surface area contributed by atoms with E-state index in [-0.39, 0.29) is 20.6 Å². The van der Waals surface area contributed by atoms with Crippen molar-refractivity contribution in [2.24, 2.45) is 5.10 Å². The maximum Gasteiger partial charge on any atom is 0.264 e. The molecular weight excluding hydrogens is 525 g/mol. The first-order valence-electron chi connectivity index (χ1n) is 10.8. The SMILES string of the molecule is CC/C(=N/NC(=O)CN(c1cc(Cl)cc(Cl)c1)S(=O)(=O)c1ccccc1)c1ccc(OC)c(OC)c1. The Labute approximate surface area is 220 Å². The number of nitrogens with one attached hydrogen (secondary N) is 1. The highest BCUT2D eigenvalue weighted by Crippen LogP contribution is 2.30. The number of anilines is 1. The molecule has 11 heteroatoms. The first-order valence-corrected chi connectivity index (χ1v) is 13.0. The second kappa shape index (κ2) is 12.1. The number of halogens is 2. The molecule has 0 atom stereocenters. The molecule has 0 heterocycles. The molecule has 0 unspecified atom stereocenters. The fourth-order valence-electron chi connectivity index (χ4n) is 3.38. The number of rotatable bonds is 10. The van der Waals surface area contributed by atoms with Gasteiger partial charge in [0, 0.05) is 15.6 Å². The number of sulfonamides is 1. The van der Waals surface area contributed by atoms with Crippen LogP contribution in [0.4, 0.5) is 5.69 Å². The van der Waals surface area contributed by atoms with Crippen molar-refractivity contribution in [2.45, 2.75) is 18.2 Å². The summed E-state index contributed by atoms with van der Waals surface area (Å²) >= 11 is 12.2. The van der Waals surface area contributed by atoms with Gasteiger partial charge >= 0.3 is 0 Å². The molecule has 3 rings (SSSR count). The van der Waals surface area contributed by atoms with Gasteiger partial charge in [0.1, 0.15) is 6.54 Å². The summed E-state index contributed by atoms with van der Waals surface area (Å²) in [6.07, 6.45) is 0.492. The van der Waals surface area contributed by atoms with E-state index in [1.807, 2.05) is 6.92 Å². The molecule has 3 aromatic rings. The lowest BCUT2D eigenvalue weighted by molar-refractivity contribution is -0.119. The summed E-state index contributed by atoms with van der Waals surface area (Å²) in [4.78, 5) is 12.9. The summed E-state index contributed by atoms with van der Waals surface area (Å²) in [5.74, 6) is 0.417. The molecule has 0 aliphatic rings. The van der Waals surface area contributed by atoms with Gasteiger partial charge in [0.05, 0.1) is 30.5 Å². The number of ether oxygens (including phenoxy) is 2. The van der Waals surface area contributed by atoms with E-state index in [4.69, 9.17) is 32.7 Å². The number of hydrogen-bond acceptors (Lipinski definition) is 6. The molecule has 0 spiro atoms. The largest absolute Gasteiger partial charge is 0.493 e. The van der Waals surface area contributed by atoms with E-state index in [0.29, 0.717) is 29.2 Å². The summed E-state index contributed by atoms with van der Waals surface area (Å²) in [7, 11) is -1.06. The van der Waals surface area contributed by atoms with Gasteiger partial charge in [-0.25, -0.2) is 13.8 Å². The quantitative estimate of drug-likeness (QED) is 0.279. The minimum atomic E-state index is -4.12. The lowest BCUT2D eigenvalue weighted by atomic mass is 10.1. The molecule has 36 heavy (non-hydrogen) atoms. The summed E-state index contributed by atoms with van der Waals surface area (Å²) in [6, 6.07) is 17.4. The van der Waals surface area contributed by atoms with Crippen LogP contribution in [0.25, 0.3) is 0 Å². The molecule has 3 aromatic carbocycles. The Morgan fingerprint density at radius 2 is 1.58 bits per heavy atom. The Bertz CT molecular complexity index is 1350. The van der Waals surface area contributed by atoms with Gasteiger partial charge < -0.3 is 9.47 Å². The summed E-state index contributed by atoms with van der Waals surface area (Å²) < 4.78 is 38.4. The van der Waals surface area contributed by atoms with Crippen LogP contribution in [0.15, 0.2) is 76.7 Å². The van der Waals surface area contributed by atoms with Crippen molar-refractivity contribution >= 4 is 50.5 Å². The smallest absolute Gasteiger partial charge is 0.264 e. The van der Waals surface area contributed by atoms with Crippen LogP contribution in [-0.2, 0) is 14.8 Å². The molecule has 0 radical (unpaired) electrons. The Kier molecular flexibility index (Phi) is 9.19. The lowest BCUT2D eigenvalue weighted by Crippen LogP contribution is -2.39. The van der Waals surface area contributed by atoms with Crippen molar-refractivity contribution in [2.75, 3.05) is 25.1 Å². The number of hydrogen-bond donors (Lipinski definition) is 1. The minimum Gasteiger partial charge on any atom is -0.493 e. The first kappa shape index (κ1) is 27.3. The van der Waals surface area contributed by atoms with Gasteiger partial charge in [0.2, 0.25) is 0 Å². The number of benzene rings is 3. The van der Waals surface area contributed by atoms with Crippen LogP contribution in [0.1, 0.15) is 18.9 Å². The lowest BCUT2D eigenvalue weighted by Gasteiger charge is -2.24. The molecular formula is C25H25Cl2N3O5S. The minimum absolute atomic E-state index is 0.0111. The van der Waals surface area contributed by atoms with E-state index in [9.17, 15) is 13.2 Å². The van der Waals surface area contributed by atoms with Crippen molar-refractivity contribution < 1.29 is 22.7 Å². The van der Waals surface area contributed by atoms with E-state index in [1.165, 1.54) is 44.6 Å². The summed E-state index contributed by atoms with van der Waals surface area (Å²) in [5, 5.41) is 4.68. The third-order valence-electron chi connectivity index (χ3n) is 5.12. The van der Waals surface area contributed by atoms with Gasteiger partial charge in [0.25, 0.3) is 15.9 Å². The highest BCUT2D eigenvalue weighted by atomic mass is 35.5. The Hall–Kier alpha value is -3.27. The predicted molar refractivity (Wildman–Crippen MR) is 142 cm³/mol. The molecule has 0 aliphatic carbocycles. The van der Waals surface area contributed by atoms with E-state index in [2.05, 4.69) is 10.5 Å². The number of nitrogens with zero attached hydrogens (tertiary/aromatic N) is 2. The third kappa shape index (κ3) is 6.48. The van der Waals surface area contributed by atoms with E-state index in [1.54, 1.807) is 36.4 Å². The van der Waals surface area contributed by atoms with Crippen molar-refractivity contribution in [1.29, 1.82) is 0 Å². The van der Waals surface area contributed by atoms with Crippen LogP contribution in [0.5, 0.6) is 11.5 Å². The van der Waals surface area contributed by atoms with E-state index in [0.717, 1.165) is 4.31 Å². The van der Waals surface area contributed by atoms with Crippen molar-refractivity contribution in [3.05, 3.63) is 82.3 Å². The molecule has 1 N–H and O–H groups in total. The Morgan fingerprint density at radius 3 is 2.17 bits per heavy atom. The molecule has 0 saturated heterocycles. The van der Waals surface area contributed by atoms with Crippen molar-refractivity contribution in [3.8, 4) is 11.5 Å². The van der Waals surface area contributed by atoms with Gasteiger partial charge in [-0.15, -0.1) is 0 Å². The van der Waals surface area contributed by atoms with E-state index >= 15 is 0 Å². The highest BCUT2D eigenvalue weighted by molar-refractivity contribution is 7.92. The molecule has 0 saturated carbocycles. The summed E-state index contributed by atoms with van der Waals surface area (Å²) in [6.45, 7) is 1.32. The number of amides is 1. The zero-order valence-electron chi connectivity index (χ0n) is 19.9. The van der Waals surface area contributed by atoms with Crippen LogP contribution in [0.2, 0.25) is 10.0 Å². The maximum atomic E-state index is 13.4. The topological polar surface area (TPSA) is 97.3 Å². The zero-order chi connectivity index (χ0) is 26.3. The van der Waals surface area contributed by atoms with Crippen LogP contribution >= 0.6 is 23.2 Å². The molecule has 0 bridgehead atoms. The van der Waals surface area contributed by atoms with Gasteiger partial charge in [-0.05, 0) is 55.0 Å². The highest BCUT2D eigenvalue weighted by Gasteiger charge is 2.27. The Morgan fingerprint density at radius 1 is 0.944 bits per heavy atom. The van der Waals surface area contributed by atoms with Crippen molar-refractivity contribution in [3.63, 3.8) is 0 Å². The van der Waals surface area contributed by atoms with E-state index < -0.39 is 22.5 Å². The fraction of sp³-hybridized carbons (Fsp3) is 0.200. The monoisotopic (exact) mass is 549 g/mol. The first-order chi connectivity index (χ1) is 17.2. The van der Waals surface area contributed by atoms with Gasteiger partial charge in [-0.2, -0.15) is 5.10 Å². The van der Waals surface area contributed by atoms with Crippen LogP contribution in [0.3, 0.4) is 0 Å². The molecule has 0 aliphatic heterocycles. The van der Waals surface area contributed by atoms with Crippen LogP contribution < -0.4 is 19.2 Å². The predicted octanol–water partition coefficient (Wildman–Crippen LogP) is 5.14. The molecule has 0 fully saturated rings. The normalized spacial score (nSPS) is 11.6. The average Bonchev–Trinajstić information content (AvgIpc) is 2.87. The van der Waals surface area contributed by atoms with Gasteiger partial charge in [0.15, 0.2) is 11.5 Å². The van der Waals surface area contributed by atoms with Crippen molar-refractivity contribution in [1.82, 2.24) is 5.43 Å². The molecule has 8 nitrogen and oxygen atoms in total. The van der Waals surface area contributed by atoms with Crippen LogP contribution in [0, 0.1) is 0 Å². The number of hydrazone groups is 1.